The topological polar surface area (TPSA) is 81.2 Å². The molecule has 0 unspecified atom stereocenters. The number of hydrogen-bond acceptors (Lipinski definition) is 5. The van der Waals surface area contributed by atoms with Crippen molar-refractivity contribution in [2.45, 2.75) is 19.1 Å². The molecule has 0 radical (unpaired) electrons. The number of oxazole rings is 1. The number of hydrogen-bond donors (Lipinski definition) is 2. The largest absolute Gasteiger partial charge is 0.437 e. The minimum Gasteiger partial charge on any atom is -0.437 e. The molecule has 0 fully saturated rings. The van der Waals surface area contributed by atoms with Gasteiger partial charge in [-0.25, -0.2) is 4.98 Å². The maximum atomic E-state index is 11.7. The Bertz CT molecular complexity index is 559. The summed E-state index contributed by atoms with van der Waals surface area (Å²) in [5, 5.41) is 3.29. The molecule has 0 aliphatic heterocycles. The summed E-state index contributed by atoms with van der Waals surface area (Å²) < 4.78 is 5.39. The van der Waals surface area contributed by atoms with Crippen LogP contribution < -0.4 is 11.1 Å². The summed E-state index contributed by atoms with van der Waals surface area (Å²) in [6.45, 7) is 3.72. The average Bonchev–Trinajstić information content (AvgIpc) is 2.69. The van der Waals surface area contributed by atoms with Crippen LogP contribution in [0.4, 0.5) is 11.4 Å². The van der Waals surface area contributed by atoms with Crippen LogP contribution in [-0.4, -0.2) is 16.6 Å². The molecule has 1 aromatic heterocycles. The predicted molar refractivity (Wildman–Crippen MR) is 76.2 cm³/mol. The van der Waals surface area contributed by atoms with Gasteiger partial charge in [-0.2, -0.15) is 0 Å². The summed E-state index contributed by atoms with van der Waals surface area (Å²) in [6, 6.07) is 7.00. The zero-order chi connectivity index (χ0) is 13.8. The van der Waals surface area contributed by atoms with Crippen LogP contribution in [0, 0.1) is 13.8 Å². The fraction of sp³-hybridized carbons (Fsp3) is 0.231. The maximum Gasteiger partial charge on any atom is 0.256 e. The van der Waals surface area contributed by atoms with E-state index in [0.717, 1.165) is 17.1 Å². The van der Waals surface area contributed by atoms with Crippen molar-refractivity contribution in [1.29, 1.82) is 0 Å². The van der Waals surface area contributed by atoms with Crippen molar-refractivity contribution in [2.24, 2.45) is 0 Å². The number of thioether (sulfide) groups is 1. The number of benzene rings is 1. The predicted octanol–water partition coefficient (Wildman–Crippen LogP) is 2.60. The SMILES string of the molecule is Cc1nc(SCC(=O)Nc2ccc(N)cc2)oc1C. The number of nitrogen functional groups attached to an aromatic ring is 1. The van der Waals surface area contributed by atoms with Gasteiger partial charge in [-0.1, -0.05) is 11.8 Å². The fourth-order valence-electron chi connectivity index (χ4n) is 1.40. The highest BCUT2D eigenvalue weighted by Gasteiger charge is 2.09. The minimum absolute atomic E-state index is 0.108. The van der Waals surface area contributed by atoms with Crippen molar-refractivity contribution in [3.05, 3.63) is 35.7 Å². The molecule has 0 aliphatic carbocycles. The second kappa shape index (κ2) is 5.79. The van der Waals surface area contributed by atoms with Crippen molar-refractivity contribution < 1.29 is 9.21 Å². The van der Waals surface area contributed by atoms with Crippen molar-refractivity contribution in [3.63, 3.8) is 0 Å². The lowest BCUT2D eigenvalue weighted by Gasteiger charge is -2.04. The number of aryl methyl sites for hydroxylation is 2. The van der Waals surface area contributed by atoms with Crippen molar-refractivity contribution in [2.75, 3.05) is 16.8 Å². The summed E-state index contributed by atoms with van der Waals surface area (Å²) in [5.74, 6) is 0.925. The van der Waals surface area contributed by atoms with E-state index in [-0.39, 0.29) is 11.7 Å². The standard InChI is InChI=1S/C13H15N3O2S/c1-8-9(2)18-13(15-8)19-7-12(17)16-11-5-3-10(14)4-6-11/h3-6H,7,14H2,1-2H3,(H,16,17). The number of carbonyl (C=O) groups excluding carboxylic acids is 1. The highest BCUT2D eigenvalue weighted by molar-refractivity contribution is 7.99. The monoisotopic (exact) mass is 277 g/mol. The lowest BCUT2D eigenvalue weighted by atomic mass is 10.3. The van der Waals surface area contributed by atoms with Crippen LogP contribution in [-0.2, 0) is 4.79 Å². The first-order valence-electron chi connectivity index (χ1n) is 5.77. The molecule has 2 aromatic rings. The van der Waals surface area contributed by atoms with Crippen LogP contribution in [0.25, 0.3) is 0 Å². The molecule has 1 aromatic carbocycles. The average molecular weight is 277 g/mol. The number of carbonyl (C=O) groups is 1. The number of rotatable bonds is 4. The third kappa shape index (κ3) is 3.75. The molecule has 19 heavy (non-hydrogen) atoms. The van der Waals surface area contributed by atoms with Gasteiger partial charge >= 0.3 is 0 Å². The molecule has 3 N–H and O–H groups in total. The van der Waals surface area contributed by atoms with Crippen LogP contribution in [0.2, 0.25) is 0 Å². The van der Waals surface area contributed by atoms with Gasteiger partial charge in [0, 0.05) is 11.4 Å². The highest BCUT2D eigenvalue weighted by atomic mass is 32.2. The van der Waals surface area contributed by atoms with Crippen molar-refractivity contribution >= 4 is 29.0 Å². The van der Waals surface area contributed by atoms with Gasteiger partial charge < -0.3 is 15.5 Å². The molecule has 0 saturated heterocycles. The van der Waals surface area contributed by atoms with E-state index < -0.39 is 0 Å². The Morgan fingerprint density at radius 1 is 1.37 bits per heavy atom. The molecule has 0 saturated carbocycles. The van der Waals surface area contributed by atoms with Gasteiger partial charge in [0.15, 0.2) is 0 Å². The summed E-state index contributed by atoms with van der Waals surface area (Å²) in [5.41, 5.74) is 7.81. The molecular weight excluding hydrogens is 262 g/mol. The lowest BCUT2D eigenvalue weighted by Crippen LogP contribution is -2.13. The number of amides is 1. The van der Waals surface area contributed by atoms with E-state index in [0.29, 0.717) is 10.9 Å². The maximum absolute atomic E-state index is 11.7. The number of aromatic nitrogens is 1. The zero-order valence-electron chi connectivity index (χ0n) is 10.8. The zero-order valence-corrected chi connectivity index (χ0v) is 11.6. The number of nitrogens with two attached hydrogens (primary N) is 1. The van der Waals surface area contributed by atoms with Crippen molar-refractivity contribution in [1.82, 2.24) is 4.98 Å². The quantitative estimate of drug-likeness (QED) is 0.663. The number of anilines is 2. The Labute approximate surface area is 115 Å². The Hall–Kier alpha value is -1.95. The van der Waals surface area contributed by atoms with E-state index in [1.54, 1.807) is 24.3 Å². The fourth-order valence-corrected chi connectivity index (χ4v) is 2.11. The first kappa shape index (κ1) is 13.5. The molecule has 0 aliphatic rings. The number of nitrogens with zero attached hydrogens (tertiary/aromatic N) is 1. The second-order valence-electron chi connectivity index (χ2n) is 4.08. The molecule has 100 valence electrons. The first-order valence-corrected chi connectivity index (χ1v) is 6.75. The van der Waals surface area contributed by atoms with Gasteiger partial charge in [-0.3, -0.25) is 4.79 Å². The minimum atomic E-state index is -0.108. The summed E-state index contributed by atoms with van der Waals surface area (Å²) in [6.07, 6.45) is 0. The van der Waals surface area contributed by atoms with Crippen LogP contribution in [0.3, 0.4) is 0 Å². The van der Waals surface area contributed by atoms with Gasteiger partial charge in [0.1, 0.15) is 5.76 Å². The molecule has 2 rings (SSSR count). The molecule has 1 amide bonds. The smallest absolute Gasteiger partial charge is 0.256 e. The van der Waals surface area contributed by atoms with Gasteiger partial charge in [0.2, 0.25) is 5.91 Å². The Balaban J connectivity index is 1.86. The van der Waals surface area contributed by atoms with Gasteiger partial charge in [-0.05, 0) is 38.1 Å². The molecule has 0 spiro atoms. The third-order valence-corrected chi connectivity index (χ3v) is 3.36. The highest BCUT2D eigenvalue weighted by Crippen LogP contribution is 2.20. The van der Waals surface area contributed by atoms with Crippen LogP contribution in [0.1, 0.15) is 11.5 Å². The summed E-state index contributed by atoms with van der Waals surface area (Å²) in [7, 11) is 0. The second-order valence-corrected chi connectivity index (χ2v) is 5.01. The van der Waals surface area contributed by atoms with E-state index in [1.807, 2.05) is 13.8 Å². The van der Waals surface area contributed by atoms with Gasteiger partial charge in [0.05, 0.1) is 11.4 Å². The van der Waals surface area contributed by atoms with E-state index in [9.17, 15) is 4.79 Å². The summed E-state index contributed by atoms with van der Waals surface area (Å²) in [4.78, 5) is 15.9. The van der Waals surface area contributed by atoms with Crippen LogP contribution >= 0.6 is 11.8 Å². The molecule has 6 heteroatoms. The normalized spacial score (nSPS) is 10.4. The van der Waals surface area contributed by atoms with Gasteiger partial charge in [0.25, 0.3) is 5.22 Å². The lowest BCUT2D eigenvalue weighted by molar-refractivity contribution is -0.113. The van der Waals surface area contributed by atoms with E-state index in [4.69, 9.17) is 10.2 Å². The molecular formula is C13H15N3O2S. The van der Waals surface area contributed by atoms with E-state index in [1.165, 1.54) is 11.8 Å². The summed E-state index contributed by atoms with van der Waals surface area (Å²) >= 11 is 1.27. The van der Waals surface area contributed by atoms with Crippen LogP contribution in [0.15, 0.2) is 33.9 Å². The Kier molecular flexibility index (Phi) is 4.11. The Morgan fingerprint density at radius 2 is 2.05 bits per heavy atom. The van der Waals surface area contributed by atoms with Gasteiger partial charge in [-0.15, -0.1) is 0 Å². The van der Waals surface area contributed by atoms with Crippen LogP contribution in [0.5, 0.6) is 0 Å². The first-order chi connectivity index (χ1) is 9.04. The Morgan fingerprint density at radius 3 is 2.63 bits per heavy atom. The van der Waals surface area contributed by atoms with Crippen molar-refractivity contribution in [3.8, 4) is 0 Å². The third-order valence-electron chi connectivity index (χ3n) is 2.53. The molecule has 1 heterocycles. The van der Waals surface area contributed by atoms with E-state index in [2.05, 4.69) is 10.3 Å². The number of nitrogens with one attached hydrogen (secondary N) is 1. The molecule has 5 nitrogen and oxygen atoms in total. The van der Waals surface area contributed by atoms with E-state index >= 15 is 0 Å². The molecule has 0 bridgehead atoms. The molecule has 0 atom stereocenters.